The van der Waals surface area contributed by atoms with Crippen molar-refractivity contribution in [2.24, 2.45) is 0 Å². The molecule has 0 atom stereocenters. The smallest absolute Gasteiger partial charge is 0.338 e. The number of esters is 2. The van der Waals surface area contributed by atoms with Gasteiger partial charge in [-0.1, -0.05) is 72.8 Å². The molecule has 0 unspecified atom stereocenters. The van der Waals surface area contributed by atoms with Crippen LogP contribution in [0.25, 0.3) is 32.3 Å². The van der Waals surface area contributed by atoms with E-state index in [0.717, 1.165) is 31.3 Å². The second kappa shape index (κ2) is 14.3. The zero-order valence-corrected chi connectivity index (χ0v) is 31.5. The van der Waals surface area contributed by atoms with Crippen LogP contribution in [0.3, 0.4) is 0 Å². The first-order valence-corrected chi connectivity index (χ1v) is 19.0. The van der Waals surface area contributed by atoms with Crippen LogP contribution < -0.4 is 9.80 Å². The quantitative estimate of drug-likeness (QED) is 0.106. The number of amides is 4. The Kier molecular flexibility index (Phi) is 8.60. The van der Waals surface area contributed by atoms with E-state index < -0.39 is 35.6 Å². The monoisotopic (exact) mass is 794 g/mol. The molecule has 10 rings (SSSR count). The molecule has 60 heavy (non-hydrogen) atoms. The van der Waals surface area contributed by atoms with E-state index in [1.165, 1.54) is 58.2 Å². The Balaban J connectivity index is 0.877. The average Bonchev–Trinajstić information content (AvgIpc) is 3.94. The van der Waals surface area contributed by atoms with Gasteiger partial charge in [0.1, 0.15) is 24.8 Å². The van der Waals surface area contributed by atoms with Crippen LogP contribution in [0.5, 0.6) is 0 Å². The fourth-order valence-corrected chi connectivity index (χ4v) is 8.08. The van der Waals surface area contributed by atoms with Crippen molar-refractivity contribution in [3.63, 3.8) is 0 Å². The number of imide groups is 2. The van der Waals surface area contributed by atoms with Crippen LogP contribution in [-0.4, -0.2) is 68.3 Å². The molecule has 0 saturated carbocycles. The fraction of sp³-hybridized carbons (Fsp3) is 0.0870. The van der Waals surface area contributed by atoms with Gasteiger partial charge in [-0.15, -0.1) is 0 Å². The standard InChI is InChI=1S/C46H30N6O8/c53-41-33-15-17-35-40-36(44(56)52(43(35)55)38-20-22-48-50(38)24-26-60-46(58)32-14-6-10-28-8-2-4-12-30(28)32)18-16-34(39(33)40)42(54)51(41)37-19-21-47-49(37)23-25-59-45(57)31-13-5-9-27-7-1-3-11-29(27)31/h1-22H,23-26H2. The highest BCUT2D eigenvalue weighted by molar-refractivity contribution is 6.42. The van der Waals surface area contributed by atoms with Crippen molar-refractivity contribution in [1.29, 1.82) is 0 Å². The Morgan fingerprint density at radius 3 is 1.22 bits per heavy atom. The Morgan fingerprint density at radius 2 is 0.817 bits per heavy atom. The number of nitrogens with zero attached hydrogens (tertiary/aromatic N) is 6. The van der Waals surface area contributed by atoms with Crippen molar-refractivity contribution in [2.75, 3.05) is 23.0 Å². The van der Waals surface area contributed by atoms with E-state index in [1.807, 2.05) is 60.7 Å². The highest BCUT2D eigenvalue weighted by Gasteiger charge is 2.42. The van der Waals surface area contributed by atoms with Crippen LogP contribution >= 0.6 is 0 Å². The molecule has 2 aromatic heterocycles. The minimum atomic E-state index is -0.677. The van der Waals surface area contributed by atoms with E-state index in [1.54, 1.807) is 24.3 Å². The number of hydrogen-bond acceptors (Lipinski definition) is 10. The van der Waals surface area contributed by atoms with E-state index in [9.17, 15) is 28.8 Å². The van der Waals surface area contributed by atoms with Gasteiger partial charge in [0, 0.05) is 45.2 Å². The van der Waals surface area contributed by atoms with Gasteiger partial charge in [0.25, 0.3) is 23.6 Å². The summed E-state index contributed by atoms with van der Waals surface area (Å²) in [5, 5.41) is 12.3. The molecular weight excluding hydrogens is 765 g/mol. The first kappa shape index (κ1) is 36.1. The third-order valence-electron chi connectivity index (χ3n) is 10.8. The lowest BCUT2D eigenvalue weighted by molar-refractivity contribution is 0.0481. The van der Waals surface area contributed by atoms with Crippen LogP contribution in [0.4, 0.5) is 11.6 Å². The highest BCUT2D eigenvalue weighted by Crippen LogP contribution is 2.40. The van der Waals surface area contributed by atoms with Gasteiger partial charge in [0.2, 0.25) is 0 Å². The van der Waals surface area contributed by atoms with Crippen molar-refractivity contribution in [3.05, 3.63) is 167 Å². The van der Waals surface area contributed by atoms with Gasteiger partial charge in [-0.05, 0) is 57.9 Å². The van der Waals surface area contributed by atoms with Gasteiger partial charge in [-0.2, -0.15) is 10.2 Å². The molecule has 0 radical (unpaired) electrons. The number of benzene rings is 6. The lowest BCUT2D eigenvalue weighted by atomic mass is 9.86. The first-order chi connectivity index (χ1) is 29.3. The van der Waals surface area contributed by atoms with E-state index >= 15 is 0 Å². The van der Waals surface area contributed by atoms with Crippen LogP contribution in [0.2, 0.25) is 0 Å². The molecule has 4 amide bonds. The van der Waals surface area contributed by atoms with E-state index in [-0.39, 0.29) is 71.0 Å². The molecule has 14 nitrogen and oxygen atoms in total. The largest absolute Gasteiger partial charge is 0.460 e. The van der Waals surface area contributed by atoms with Crippen molar-refractivity contribution >= 4 is 79.5 Å². The summed E-state index contributed by atoms with van der Waals surface area (Å²) in [5.41, 5.74) is 1.29. The summed E-state index contributed by atoms with van der Waals surface area (Å²) in [6.07, 6.45) is 2.87. The zero-order chi connectivity index (χ0) is 41.1. The molecule has 0 fully saturated rings. The Hall–Kier alpha value is -8.26. The molecule has 0 saturated heterocycles. The number of fused-ring (bicyclic) bond motifs is 2. The molecule has 0 N–H and O–H groups in total. The maximum absolute atomic E-state index is 14.2. The molecule has 4 heterocycles. The Bertz CT molecular complexity index is 2870. The number of rotatable bonds is 10. The van der Waals surface area contributed by atoms with Gasteiger partial charge in [0.05, 0.1) is 36.6 Å². The minimum absolute atomic E-state index is 0.0398. The van der Waals surface area contributed by atoms with Gasteiger partial charge < -0.3 is 9.47 Å². The highest BCUT2D eigenvalue weighted by atomic mass is 16.5. The van der Waals surface area contributed by atoms with Crippen molar-refractivity contribution in [2.45, 2.75) is 13.1 Å². The third kappa shape index (κ3) is 5.72. The average molecular weight is 795 g/mol. The molecule has 292 valence electrons. The van der Waals surface area contributed by atoms with Crippen molar-refractivity contribution in [3.8, 4) is 0 Å². The van der Waals surface area contributed by atoms with Crippen LogP contribution in [0.1, 0.15) is 62.1 Å². The summed E-state index contributed by atoms with van der Waals surface area (Å²) in [6.45, 7) is -0.111. The fourth-order valence-electron chi connectivity index (χ4n) is 8.08. The molecule has 0 bridgehead atoms. The summed E-state index contributed by atoms with van der Waals surface area (Å²) >= 11 is 0. The van der Waals surface area contributed by atoms with Crippen LogP contribution in [-0.2, 0) is 22.6 Å². The number of aromatic nitrogens is 4. The van der Waals surface area contributed by atoms with E-state index in [4.69, 9.17) is 9.47 Å². The predicted molar refractivity (Wildman–Crippen MR) is 219 cm³/mol. The Morgan fingerprint density at radius 1 is 0.450 bits per heavy atom. The maximum atomic E-state index is 14.2. The maximum Gasteiger partial charge on any atom is 0.338 e. The Labute approximate surface area is 339 Å². The lowest BCUT2D eigenvalue weighted by Gasteiger charge is -2.31. The molecule has 2 aliphatic rings. The number of carbonyl (C=O) groups excluding carboxylic acids is 6. The van der Waals surface area contributed by atoms with Crippen molar-refractivity contribution < 1.29 is 38.2 Å². The predicted octanol–water partition coefficient (Wildman–Crippen LogP) is 6.85. The summed E-state index contributed by atoms with van der Waals surface area (Å²) < 4.78 is 14.0. The molecule has 6 aromatic carbocycles. The SMILES string of the molecule is O=C(OCCn1nccc1N1C(=O)c2ccc3c4c(ccc(c24)C1=O)C(=O)N(c1ccnn1CCOC(=O)c1cccc2ccccc12)C3=O)c1cccc2ccccc12. The van der Waals surface area contributed by atoms with Gasteiger partial charge >= 0.3 is 11.9 Å². The summed E-state index contributed by atoms with van der Waals surface area (Å²) in [7, 11) is 0. The lowest BCUT2D eigenvalue weighted by Crippen LogP contribution is -2.44. The number of hydrogen-bond donors (Lipinski definition) is 0. The van der Waals surface area contributed by atoms with Crippen LogP contribution in [0, 0.1) is 0 Å². The molecular formula is C46H30N6O8. The minimum Gasteiger partial charge on any atom is -0.460 e. The second-order valence-corrected chi connectivity index (χ2v) is 14.1. The number of carbonyl (C=O) groups is 6. The number of anilines is 2. The summed E-state index contributed by atoms with van der Waals surface area (Å²) in [4.78, 5) is 84.9. The second-order valence-electron chi connectivity index (χ2n) is 14.1. The molecule has 2 aliphatic heterocycles. The van der Waals surface area contributed by atoms with Gasteiger partial charge in [-0.25, -0.2) is 28.8 Å². The number of ether oxygens (including phenoxy) is 2. The molecule has 0 aliphatic carbocycles. The first-order valence-electron chi connectivity index (χ1n) is 19.0. The zero-order valence-electron chi connectivity index (χ0n) is 31.5. The van der Waals surface area contributed by atoms with Crippen LogP contribution in [0.15, 0.2) is 134 Å². The van der Waals surface area contributed by atoms with E-state index in [2.05, 4.69) is 10.2 Å². The molecule has 0 spiro atoms. The topological polar surface area (TPSA) is 163 Å². The normalized spacial score (nSPS) is 13.5. The summed E-state index contributed by atoms with van der Waals surface area (Å²) in [5.74, 6) is -3.45. The van der Waals surface area contributed by atoms with Crippen molar-refractivity contribution in [1.82, 2.24) is 19.6 Å². The van der Waals surface area contributed by atoms with E-state index in [0.29, 0.717) is 11.1 Å². The van der Waals surface area contributed by atoms with Gasteiger partial charge in [0.15, 0.2) is 0 Å². The third-order valence-corrected chi connectivity index (χ3v) is 10.8. The molecule has 14 heteroatoms. The molecule has 8 aromatic rings. The van der Waals surface area contributed by atoms with Gasteiger partial charge in [-0.3, -0.25) is 19.2 Å². The summed E-state index contributed by atoms with van der Waals surface area (Å²) in [6, 6.07) is 34.6.